The number of aryl methyl sites for hydroxylation is 1. The highest BCUT2D eigenvalue weighted by Crippen LogP contribution is 2.15. The molecule has 0 aliphatic carbocycles. The minimum absolute atomic E-state index is 0.571. The largest absolute Gasteiger partial charge is 0.478 e. The Morgan fingerprint density at radius 3 is 2.74 bits per heavy atom. The molecule has 0 aromatic carbocycles. The number of rotatable bonds is 9. The van der Waals surface area contributed by atoms with Crippen LogP contribution in [-0.4, -0.2) is 29.0 Å². The number of ether oxygens (including phenoxy) is 1. The smallest absolute Gasteiger partial charge is 0.226 e. The average molecular weight is 286 g/mol. The molecule has 0 saturated carbocycles. The molecular weight excluding hydrogens is 262 g/mol. The Hall–Kier alpha value is -1.03. The first kappa shape index (κ1) is 16.0. The lowest BCUT2D eigenvalue weighted by molar-refractivity contribution is 0.326. The van der Waals surface area contributed by atoms with Crippen LogP contribution in [-0.2, 0) is 0 Å². The van der Waals surface area contributed by atoms with Crippen LogP contribution < -0.4 is 10.1 Å². The number of aromatic nitrogens is 2. The zero-order valence-corrected chi connectivity index (χ0v) is 12.8. The lowest BCUT2D eigenvalue weighted by Crippen LogP contribution is -2.17. The van der Waals surface area contributed by atoms with Gasteiger partial charge in [0, 0.05) is 24.2 Å². The fourth-order valence-electron chi connectivity index (χ4n) is 1.99. The summed E-state index contributed by atoms with van der Waals surface area (Å²) in [6.07, 6.45) is 3.36. The van der Waals surface area contributed by atoms with Gasteiger partial charge in [-0.15, -0.1) is 11.6 Å². The topological polar surface area (TPSA) is 47.0 Å². The maximum Gasteiger partial charge on any atom is 0.226 e. The molecule has 4 nitrogen and oxygen atoms in total. The number of nitrogens with zero attached hydrogens (tertiary/aromatic N) is 2. The van der Waals surface area contributed by atoms with Gasteiger partial charge in [0.1, 0.15) is 0 Å². The molecule has 0 spiro atoms. The summed E-state index contributed by atoms with van der Waals surface area (Å²) in [6, 6.07) is 1.84. The van der Waals surface area contributed by atoms with Gasteiger partial charge in [-0.2, -0.15) is 4.98 Å². The first-order chi connectivity index (χ1) is 9.19. The zero-order valence-electron chi connectivity index (χ0n) is 12.1. The molecule has 108 valence electrons. The number of nitrogens with one attached hydrogen (secondary N) is 1. The molecule has 0 amide bonds. The van der Waals surface area contributed by atoms with Gasteiger partial charge in [-0.25, -0.2) is 4.98 Å². The van der Waals surface area contributed by atoms with Crippen molar-refractivity contribution in [3.8, 4) is 5.88 Å². The summed E-state index contributed by atoms with van der Waals surface area (Å²) < 4.78 is 5.42. The van der Waals surface area contributed by atoms with E-state index in [1.54, 1.807) is 0 Å². The highest BCUT2D eigenvalue weighted by molar-refractivity contribution is 6.17. The molecule has 0 fully saturated rings. The summed E-state index contributed by atoms with van der Waals surface area (Å²) in [6.45, 7) is 7.55. The number of halogens is 1. The maximum absolute atomic E-state index is 5.83. The second-order valence-electron chi connectivity index (χ2n) is 4.62. The fraction of sp³-hybridized carbons (Fsp3) is 0.714. The normalized spacial score (nSPS) is 12.2. The van der Waals surface area contributed by atoms with Gasteiger partial charge in [-0.05, 0) is 32.6 Å². The number of alkyl halides is 1. The quantitative estimate of drug-likeness (QED) is 0.704. The summed E-state index contributed by atoms with van der Waals surface area (Å²) in [5.41, 5.74) is 0.908. The molecule has 0 radical (unpaired) electrons. The van der Waals surface area contributed by atoms with Crippen molar-refractivity contribution in [1.29, 1.82) is 0 Å². The predicted octanol–water partition coefficient (Wildman–Crippen LogP) is 3.64. The molecule has 0 aliphatic rings. The molecule has 0 saturated heterocycles. The van der Waals surface area contributed by atoms with E-state index in [2.05, 4.69) is 22.2 Å². The van der Waals surface area contributed by atoms with Crippen LogP contribution in [0.3, 0.4) is 0 Å². The second-order valence-corrected chi connectivity index (χ2v) is 5.00. The van der Waals surface area contributed by atoms with Gasteiger partial charge in [0.25, 0.3) is 0 Å². The molecule has 1 aromatic heterocycles. The van der Waals surface area contributed by atoms with Crippen LogP contribution >= 0.6 is 11.6 Å². The zero-order chi connectivity index (χ0) is 14.1. The van der Waals surface area contributed by atoms with Gasteiger partial charge >= 0.3 is 0 Å². The highest BCUT2D eigenvalue weighted by atomic mass is 35.5. The Labute approximate surface area is 120 Å². The molecule has 1 unspecified atom stereocenters. The van der Waals surface area contributed by atoms with E-state index in [9.17, 15) is 0 Å². The van der Waals surface area contributed by atoms with E-state index in [0.717, 1.165) is 18.7 Å². The molecular formula is C14H24ClN3O. The van der Waals surface area contributed by atoms with Crippen molar-refractivity contribution in [1.82, 2.24) is 9.97 Å². The van der Waals surface area contributed by atoms with Crippen LogP contribution in [0.5, 0.6) is 5.88 Å². The predicted molar refractivity (Wildman–Crippen MR) is 80.2 cm³/mol. The van der Waals surface area contributed by atoms with Crippen LogP contribution in [0.1, 0.15) is 38.8 Å². The Kier molecular flexibility index (Phi) is 7.56. The van der Waals surface area contributed by atoms with Crippen molar-refractivity contribution in [2.75, 3.05) is 24.3 Å². The van der Waals surface area contributed by atoms with Crippen LogP contribution in [0, 0.1) is 12.8 Å². The van der Waals surface area contributed by atoms with E-state index in [1.165, 1.54) is 12.8 Å². The minimum atomic E-state index is 0.571. The van der Waals surface area contributed by atoms with E-state index in [4.69, 9.17) is 16.3 Å². The van der Waals surface area contributed by atoms with Crippen molar-refractivity contribution in [2.24, 2.45) is 5.92 Å². The molecule has 1 rings (SSSR count). The third kappa shape index (κ3) is 6.10. The van der Waals surface area contributed by atoms with E-state index in [-0.39, 0.29) is 0 Å². The third-order valence-corrected chi connectivity index (χ3v) is 3.10. The third-order valence-electron chi connectivity index (χ3n) is 2.89. The first-order valence-corrected chi connectivity index (χ1v) is 7.51. The van der Waals surface area contributed by atoms with Crippen molar-refractivity contribution >= 4 is 17.5 Å². The molecule has 1 N–H and O–H groups in total. The molecule has 5 heteroatoms. The van der Waals surface area contributed by atoms with Gasteiger partial charge in [-0.3, -0.25) is 0 Å². The van der Waals surface area contributed by atoms with E-state index in [0.29, 0.717) is 30.2 Å². The van der Waals surface area contributed by atoms with Crippen molar-refractivity contribution in [3.05, 3.63) is 11.8 Å². The van der Waals surface area contributed by atoms with E-state index in [1.807, 2.05) is 19.9 Å². The van der Waals surface area contributed by atoms with Gasteiger partial charge in [0.15, 0.2) is 0 Å². The summed E-state index contributed by atoms with van der Waals surface area (Å²) in [5.74, 6) is 2.54. The van der Waals surface area contributed by atoms with Crippen LogP contribution in [0.4, 0.5) is 5.95 Å². The molecule has 0 aliphatic heterocycles. The Bertz CT molecular complexity index is 368. The fourth-order valence-corrected chi connectivity index (χ4v) is 2.30. The van der Waals surface area contributed by atoms with E-state index >= 15 is 0 Å². The van der Waals surface area contributed by atoms with Crippen LogP contribution in [0.25, 0.3) is 0 Å². The van der Waals surface area contributed by atoms with Crippen molar-refractivity contribution < 1.29 is 4.74 Å². The van der Waals surface area contributed by atoms with Crippen LogP contribution in [0.2, 0.25) is 0 Å². The molecule has 1 heterocycles. The average Bonchev–Trinajstić information content (AvgIpc) is 2.36. The lowest BCUT2D eigenvalue weighted by atomic mass is 10.0. The maximum atomic E-state index is 5.83. The summed E-state index contributed by atoms with van der Waals surface area (Å²) in [4.78, 5) is 8.71. The van der Waals surface area contributed by atoms with Gasteiger partial charge in [-0.1, -0.05) is 13.3 Å². The molecule has 1 aromatic rings. The first-order valence-electron chi connectivity index (χ1n) is 6.97. The SMILES string of the molecule is CCCC(CCCl)CNc1nc(C)cc(OCC)n1. The molecule has 19 heavy (non-hydrogen) atoms. The number of hydrogen-bond acceptors (Lipinski definition) is 4. The Morgan fingerprint density at radius 2 is 2.11 bits per heavy atom. The summed E-state index contributed by atoms with van der Waals surface area (Å²) >= 11 is 5.83. The van der Waals surface area contributed by atoms with Gasteiger partial charge < -0.3 is 10.1 Å². The number of hydrogen-bond donors (Lipinski definition) is 1. The van der Waals surface area contributed by atoms with Crippen molar-refractivity contribution in [3.63, 3.8) is 0 Å². The van der Waals surface area contributed by atoms with Crippen molar-refractivity contribution in [2.45, 2.75) is 40.0 Å². The second kappa shape index (κ2) is 8.97. The minimum Gasteiger partial charge on any atom is -0.478 e. The highest BCUT2D eigenvalue weighted by Gasteiger charge is 2.09. The van der Waals surface area contributed by atoms with E-state index < -0.39 is 0 Å². The summed E-state index contributed by atoms with van der Waals surface area (Å²) in [7, 11) is 0. The van der Waals surface area contributed by atoms with Gasteiger partial charge in [0.2, 0.25) is 11.8 Å². The Morgan fingerprint density at radius 1 is 1.32 bits per heavy atom. The monoisotopic (exact) mass is 285 g/mol. The summed E-state index contributed by atoms with van der Waals surface area (Å²) in [5, 5.41) is 3.29. The standard InChI is InChI=1S/C14H24ClN3O/c1-4-6-12(7-8-15)10-16-14-17-11(3)9-13(18-14)19-5-2/h9,12H,4-8,10H2,1-3H3,(H,16,17,18). The lowest BCUT2D eigenvalue weighted by Gasteiger charge is -2.16. The molecule has 1 atom stereocenters. The van der Waals surface area contributed by atoms with Crippen LogP contribution in [0.15, 0.2) is 6.07 Å². The molecule has 0 bridgehead atoms. The Balaban J connectivity index is 2.59. The van der Waals surface area contributed by atoms with Gasteiger partial charge in [0.05, 0.1) is 6.61 Å². The number of anilines is 1.